The Bertz CT molecular complexity index is 1590. The van der Waals surface area contributed by atoms with Crippen molar-refractivity contribution in [3.05, 3.63) is 106 Å². The van der Waals surface area contributed by atoms with Crippen LogP contribution in [0.5, 0.6) is 5.75 Å². The lowest BCUT2D eigenvalue weighted by atomic mass is 9.98. The number of rotatable bonds is 10. The molecule has 212 valence electrons. The van der Waals surface area contributed by atoms with Crippen molar-refractivity contribution < 1.29 is 14.6 Å². The number of carbonyl (C=O) groups is 1. The molecule has 4 rings (SSSR count). The van der Waals surface area contributed by atoms with Crippen molar-refractivity contribution >= 4 is 11.9 Å². The maximum atomic E-state index is 14.0. The van der Waals surface area contributed by atoms with Crippen LogP contribution in [0.4, 0.5) is 4.79 Å². The number of hydrogen-bond acceptors (Lipinski definition) is 5. The fraction of sp³-hybridized carbons (Fsp3) is 0.273. The fourth-order valence-electron chi connectivity index (χ4n) is 4.84. The zero-order chi connectivity index (χ0) is 29.5. The smallest absolute Gasteiger partial charge is 0.410 e. The van der Waals surface area contributed by atoms with E-state index in [-0.39, 0.29) is 17.5 Å². The number of ether oxygens (including phenoxy) is 1. The number of benzene rings is 3. The molecule has 0 aliphatic carbocycles. The SMILES string of the molecule is CCCc1nc(CC)c(-c2ccc(OC(C)C)cc2)c(=O)n1Cc1ccc(-c2ccccc2C(=N)NC(=O)O)cc1. The van der Waals surface area contributed by atoms with Gasteiger partial charge in [-0.05, 0) is 61.1 Å². The minimum atomic E-state index is -1.28. The summed E-state index contributed by atoms with van der Waals surface area (Å²) < 4.78 is 7.55. The molecule has 3 aromatic carbocycles. The van der Waals surface area contributed by atoms with Crippen molar-refractivity contribution in [2.45, 2.75) is 59.6 Å². The van der Waals surface area contributed by atoms with Crippen LogP contribution in [0, 0.1) is 5.41 Å². The Kier molecular flexibility index (Phi) is 9.34. The van der Waals surface area contributed by atoms with Crippen molar-refractivity contribution in [1.82, 2.24) is 14.9 Å². The molecule has 0 aliphatic rings. The Hall–Kier alpha value is -4.72. The molecule has 3 N–H and O–H groups in total. The van der Waals surface area contributed by atoms with E-state index in [2.05, 4.69) is 12.2 Å². The Balaban J connectivity index is 1.70. The van der Waals surface area contributed by atoms with E-state index in [0.717, 1.165) is 45.9 Å². The van der Waals surface area contributed by atoms with Gasteiger partial charge in [0.15, 0.2) is 0 Å². The normalized spacial score (nSPS) is 11.0. The molecule has 0 atom stereocenters. The number of aryl methyl sites for hydroxylation is 2. The molecule has 41 heavy (non-hydrogen) atoms. The molecule has 0 aliphatic heterocycles. The predicted molar refractivity (Wildman–Crippen MR) is 162 cm³/mol. The summed E-state index contributed by atoms with van der Waals surface area (Å²) in [6.07, 6.45) is 0.977. The van der Waals surface area contributed by atoms with Gasteiger partial charge in [-0.25, -0.2) is 9.78 Å². The third-order valence-electron chi connectivity index (χ3n) is 6.68. The topological polar surface area (TPSA) is 117 Å². The van der Waals surface area contributed by atoms with Gasteiger partial charge in [-0.3, -0.25) is 20.1 Å². The molecule has 1 amide bonds. The van der Waals surface area contributed by atoms with Gasteiger partial charge in [0, 0.05) is 12.0 Å². The standard InChI is InChI=1S/C33H36N4O4/c1-5-9-29-35-28(6-2)30(24-16-18-25(19-17-24)41-21(3)4)32(38)37(29)20-22-12-14-23(15-13-22)26-10-7-8-11-27(26)31(34)36-33(39)40/h7-8,10-19,21H,5-6,9,20H2,1-4H3,(H2,34,36)(H,39,40). The largest absolute Gasteiger partial charge is 0.491 e. The lowest BCUT2D eigenvalue weighted by Gasteiger charge is -2.18. The van der Waals surface area contributed by atoms with E-state index < -0.39 is 6.09 Å². The van der Waals surface area contributed by atoms with Gasteiger partial charge in [0.05, 0.1) is 23.9 Å². The lowest BCUT2D eigenvalue weighted by molar-refractivity contribution is 0.200. The summed E-state index contributed by atoms with van der Waals surface area (Å²) in [5, 5.41) is 19.3. The van der Waals surface area contributed by atoms with Crippen LogP contribution < -0.4 is 15.6 Å². The summed E-state index contributed by atoms with van der Waals surface area (Å²) >= 11 is 0. The van der Waals surface area contributed by atoms with Gasteiger partial charge in [0.25, 0.3) is 5.56 Å². The third kappa shape index (κ3) is 6.90. The molecule has 1 aromatic heterocycles. The van der Waals surface area contributed by atoms with Crippen LogP contribution in [-0.2, 0) is 19.4 Å². The van der Waals surface area contributed by atoms with Crippen LogP contribution in [0.1, 0.15) is 56.8 Å². The molecule has 0 radical (unpaired) electrons. The molecule has 0 fully saturated rings. The summed E-state index contributed by atoms with van der Waals surface area (Å²) in [4.78, 5) is 30.0. The second-order valence-electron chi connectivity index (χ2n) is 10.1. The second-order valence-corrected chi connectivity index (χ2v) is 10.1. The second kappa shape index (κ2) is 13.1. The lowest BCUT2D eigenvalue weighted by Crippen LogP contribution is -2.29. The van der Waals surface area contributed by atoms with Crippen molar-refractivity contribution in [2.24, 2.45) is 0 Å². The van der Waals surface area contributed by atoms with Crippen LogP contribution in [-0.4, -0.2) is 32.7 Å². The number of aromatic nitrogens is 2. The van der Waals surface area contributed by atoms with E-state index in [1.54, 1.807) is 16.7 Å². The van der Waals surface area contributed by atoms with Crippen LogP contribution in [0.15, 0.2) is 77.6 Å². The monoisotopic (exact) mass is 552 g/mol. The first kappa shape index (κ1) is 29.3. The van der Waals surface area contributed by atoms with E-state index in [4.69, 9.17) is 20.2 Å². The summed E-state index contributed by atoms with van der Waals surface area (Å²) in [5.74, 6) is 1.33. The molecule has 0 unspecified atom stereocenters. The number of amidine groups is 1. The Morgan fingerprint density at radius 2 is 1.66 bits per heavy atom. The molecule has 0 spiro atoms. The first-order valence-electron chi connectivity index (χ1n) is 13.9. The molecule has 0 saturated carbocycles. The van der Waals surface area contributed by atoms with Crippen LogP contribution in [0.2, 0.25) is 0 Å². The van der Waals surface area contributed by atoms with Crippen LogP contribution in [0.25, 0.3) is 22.3 Å². The molecule has 1 heterocycles. The molecule has 0 saturated heterocycles. The van der Waals surface area contributed by atoms with Gasteiger partial charge in [-0.1, -0.05) is 74.5 Å². The van der Waals surface area contributed by atoms with E-state index in [9.17, 15) is 9.59 Å². The van der Waals surface area contributed by atoms with Crippen molar-refractivity contribution in [2.75, 3.05) is 0 Å². The predicted octanol–water partition coefficient (Wildman–Crippen LogP) is 6.52. The zero-order valence-electron chi connectivity index (χ0n) is 23.9. The van der Waals surface area contributed by atoms with Gasteiger partial charge < -0.3 is 9.84 Å². The summed E-state index contributed by atoms with van der Waals surface area (Å²) in [6.45, 7) is 8.41. The van der Waals surface area contributed by atoms with E-state index in [1.807, 2.05) is 81.4 Å². The number of nitrogens with zero attached hydrogens (tertiary/aromatic N) is 2. The number of amides is 1. The molecular formula is C33H36N4O4. The maximum Gasteiger partial charge on any atom is 0.410 e. The highest BCUT2D eigenvalue weighted by Gasteiger charge is 2.18. The zero-order valence-corrected chi connectivity index (χ0v) is 23.9. The van der Waals surface area contributed by atoms with E-state index in [1.165, 1.54) is 0 Å². The minimum absolute atomic E-state index is 0.0627. The van der Waals surface area contributed by atoms with Gasteiger partial charge in [0.2, 0.25) is 0 Å². The molecule has 4 aromatic rings. The minimum Gasteiger partial charge on any atom is -0.491 e. The first-order valence-corrected chi connectivity index (χ1v) is 13.9. The Morgan fingerprint density at radius 3 is 2.27 bits per heavy atom. The maximum absolute atomic E-state index is 14.0. The molecule has 8 heteroatoms. The first-order chi connectivity index (χ1) is 19.7. The highest BCUT2D eigenvalue weighted by Crippen LogP contribution is 2.26. The third-order valence-corrected chi connectivity index (χ3v) is 6.68. The van der Waals surface area contributed by atoms with Crippen LogP contribution in [0.3, 0.4) is 0 Å². The molecule has 8 nitrogen and oxygen atoms in total. The van der Waals surface area contributed by atoms with Crippen LogP contribution >= 0.6 is 0 Å². The molecule has 0 bridgehead atoms. The number of nitrogens with one attached hydrogen (secondary N) is 2. The van der Waals surface area contributed by atoms with Gasteiger partial charge >= 0.3 is 6.09 Å². The Morgan fingerprint density at radius 1 is 1.00 bits per heavy atom. The summed E-state index contributed by atoms with van der Waals surface area (Å²) in [7, 11) is 0. The van der Waals surface area contributed by atoms with Crippen molar-refractivity contribution in [3.8, 4) is 28.0 Å². The van der Waals surface area contributed by atoms with Crippen molar-refractivity contribution in [1.29, 1.82) is 5.41 Å². The fourth-order valence-corrected chi connectivity index (χ4v) is 4.84. The highest BCUT2D eigenvalue weighted by atomic mass is 16.5. The van der Waals surface area contributed by atoms with Gasteiger partial charge in [-0.15, -0.1) is 0 Å². The number of hydrogen-bond donors (Lipinski definition) is 3. The average molecular weight is 553 g/mol. The number of carboxylic acid groups (broad SMARTS) is 1. The summed E-state index contributed by atoms with van der Waals surface area (Å²) in [5.41, 5.74) is 5.14. The van der Waals surface area contributed by atoms with E-state index in [0.29, 0.717) is 30.5 Å². The average Bonchev–Trinajstić information content (AvgIpc) is 2.95. The highest BCUT2D eigenvalue weighted by molar-refractivity contribution is 6.08. The molecular weight excluding hydrogens is 516 g/mol. The van der Waals surface area contributed by atoms with Gasteiger partial charge in [-0.2, -0.15) is 0 Å². The van der Waals surface area contributed by atoms with Gasteiger partial charge in [0.1, 0.15) is 17.4 Å². The van der Waals surface area contributed by atoms with Crippen molar-refractivity contribution in [3.63, 3.8) is 0 Å². The quantitative estimate of drug-likeness (QED) is 0.153. The van der Waals surface area contributed by atoms with E-state index >= 15 is 0 Å². The summed E-state index contributed by atoms with van der Waals surface area (Å²) in [6, 6.07) is 22.5. The Labute approximate surface area is 240 Å².